The van der Waals surface area contributed by atoms with Crippen molar-refractivity contribution in [3.63, 3.8) is 0 Å². The highest BCUT2D eigenvalue weighted by Crippen LogP contribution is 2.22. The van der Waals surface area contributed by atoms with Crippen LogP contribution in [0.3, 0.4) is 0 Å². The predicted molar refractivity (Wildman–Crippen MR) is 105 cm³/mol. The second kappa shape index (κ2) is 8.64. The molecule has 3 rings (SSSR count). The Labute approximate surface area is 167 Å². The molecule has 154 valence electrons. The molecule has 29 heavy (non-hydrogen) atoms. The molecule has 0 aromatic heterocycles. The molecule has 0 unspecified atom stereocenters. The van der Waals surface area contributed by atoms with Crippen LogP contribution in [0.1, 0.15) is 5.56 Å². The first-order valence-corrected chi connectivity index (χ1v) is 10.4. The largest absolute Gasteiger partial charge is 0.300 e. The predicted octanol–water partition coefficient (Wildman–Crippen LogP) is 2.05. The number of benzene rings is 2. The third-order valence-corrected chi connectivity index (χ3v) is 6.76. The van der Waals surface area contributed by atoms with Gasteiger partial charge in [0.1, 0.15) is 0 Å². The molecule has 0 N–H and O–H groups in total. The molecule has 0 atom stereocenters. The van der Waals surface area contributed by atoms with Crippen LogP contribution in [0.4, 0.5) is 11.4 Å². The fraction of sp³-hybridized carbons (Fsp3) is 0.333. The van der Waals surface area contributed by atoms with E-state index >= 15 is 0 Å². The molecule has 1 aliphatic rings. The zero-order valence-corrected chi connectivity index (χ0v) is 16.3. The lowest BCUT2D eigenvalue weighted by Crippen LogP contribution is -2.49. The van der Waals surface area contributed by atoms with Crippen LogP contribution in [-0.4, -0.2) is 60.2 Å². The molecule has 0 aliphatic carbocycles. The average molecular weight is 420 g/mol. The normalized spacial score (nSPS) is 15.9. The summed E-state index contributed by atoms with van der Waals surface area (Å²) in [6.45, 7) is 2.39. The van der Waals surface area contributed by atoms with E-state index in [1.54, 1.807) is 12.1 Å². The van der Waals surface area contributed by atoms with Gasteiger partial charge in [0.15, 0.2) is 0 Å². The summed E-state index contributed by atoms with van der Waals surface area (Å²) in [5.74, 6) is 0. The minimum atomic E-state index is -3.78. The van der Waals surface area contributed by atoms with Crippen LogP contribution in [0.25, 0.3) is 0 Å². The summed E-state index contributed by atoms with van der Waals surface area (Å²) >= 11 is 0. The zero-order valence-electron chi connectivity index (χ0n) is 15.5. The maximum atomic E-state index is 12.8. The van der Waals surface area contributed by atoms with Crippen LogP contribution in [0.15, 0.2) is 53.4 Å². The smallest absolute Gasteiger partial charge is 0.270 e. The summed E-state index contributed by atoms with van der Waals surface area (Å²) in [4.78, 5) is 22.6. The van der Waals surface area contributed by atoms with Crippen LogP contribution in [0.5, 0.6) is 0 Å². The molecule has 0 spiro atoms. The Balaban J connectivity index is 1.56. The highest BCUT2D eigenvalue weighted by atomic mass is 32.2. The van der Waals surface area contributed by atoms with Crippen LogP contribution < -0.4 is 0 Å². The molecule has 0 bridgehead atoms. The van der Waals surface area contributed by atoms with Gasteiger partial charge in [-0.3, -0.25) is 20.2 Å². The van der Waals surface area contributed by atoms with Crippen molar-refractivity contribution in [1.29, 1.82) is 0 Å². The molecule has 2 aromatic rings. The molecule has 0 amide bonds. The third kappa shape index (κ3) is 4.94. The topological polar surface area (TPSA) is 127 Å². The highest BCUT2D eigenvalue weighted by Gasteiger charge is 2.29. The second-order valence-corrected chi connectivity index (χ2v) is 8.61. The number of nitro groups is 2. The van der Waals surface area contributed by atoms with Gasteiger partial charge in [-0.15, -0.1) is 0 Å². The number of rotatable bonds is 7. The Hall–Kier alpha value is -2.89. The van der Waals surface area contributed by atoms with Crippen LogP contribution in [-0.2, 0) is 16.4 Å². The Morgan fingerprint density at radius 3 is 2.07 bits per heavy atom. The van der Waals surface area contributed by atoms with E-state index in [1.807, 2.05) is 0 Å². The van der Waals surface area contributed by atoms with E-state index in [4.69, 9.17) is 0 Å². The van der Waals surface area contributed by atoms with E-state index in [9.17, 15) is 28.6 Å². The van der Waals surface area contributed by atoms with Gasteiger partial charge in [0.25, 0.3) is 11.4 Å². The van der Waals surface area contributed by atoms with Crippen LogP contribution in [0.2, 0.25) is 0 Å². The van der Waals surface area contributed by atoms with Gasteiger partial charge in [-0.2, -0.15) is 4.31 Å². The second-order valence-electron chi connectivity index (χ2n) is 6.67. The Morgan fingerprint density at radius 2 is 1.48 bits per heavy atom. The maximum absolute atomic E-state index is 12.8. The van der Waals surface area contributed by atoms with Crippen molar-refractivity contribution < 1.29 is 18.3 Å². The number of sulfonamides is 1. The molecule has 0 radical (unpaired) electrons. The molecule has 2 aromatic carbocycles. The quantitative estimate of drug-likeness (QED) is 0.495. The standard InChI is InChI=1S/C18H20N4O6S/c23-21(24)16-6-4-15(5-7-16)8-9-19-10-12-20(13-11-19)29(27,28)18-3-1-2-17(14-18)22(25)26/h1-7,14H,8-13H2. The molecular weight excluding hydrogens is 400 g/mol. The lowest BCUT2D eigenvalue weighted by Gasteiger charge is -2.33. The van der Waals surface area contributed by atoms with Crippen LogP contribution in [0, 0.1) is 20.2 Å². The first-order chi connectivity index (χ1) is 13.8. The van der Waals surface area contributed by atoms with Gasteiger partial charge < -0.3 is 4.90 Å². The summed E-state index contributed by atoms with van der Waals surface area (Å²) in [7, 11) is -3.78. The molecule has 11 heteroatoms. The third-order valence-electron chi connectivity index (χ3n) is 4.86. The van der Waals surface area contributed by atoms with E-state index in [0.29, 0.717) is 39.1 Å². The molecule has 10 nitrogen and oxygen atoms in total. The van der Waals surface area contributed by atoms with Gasteiger partial charge in [-0.05, 0) is 18.1 Å². The van der Waals surface area contributed by atoms with Crippen molar-refractivity contribution in [2.24, 2.45) is 0 Å². The molecule has 1 aliphatic heterocycles. The lowest BCUT2D eigenvalue weighted by atomic mass is 10.1. The molecule has 1 heterocycles. The van der Waals surface area contributed by atoms with Crippen molar-refractivity contribution in [3.05, 3.63) is 74.3 Å². The van der Waals surface area contributed by atoms with Gasteiger partial charge in [0, 0.05) is 57.0 Å². The number of nitrogens with zero attached hydrogens (tertiary/aromatic N) is 4. The SMILES string of the molecule is O=[N+]([O-])c1ccc(CCN2CCN(S(=O)(=O)c3cccc([N+](=O)[O-])c3)CC2)cc1. The van der Waals surface area contributed by atoms with Gasteiger partial charge in [-0.25, -0.2) is 8.42 Å². The van der Waals surface area contributed by atoms with Gasteiger partial charge in [0.05, 0.1) is 14.7 Å². The maximum Gasteiger partial charge on any atom is 0.270 e. The Bertz CT molecular complexity index is 1000. The van der Waals surface area contributed by atoms with Gasteiger partial charge >= 0.3 is 0 Å². The number of hydrogen-bond acceptors (Lipinski definition) is 7. The van der Waals surface area contributed by atoms with Crippen molar-refractivity contribution in [3.8, 4) is 0 Å². The zero-order chi connectivity index (χ0) is 21.0. The Morgan fingerprint density at radius 1 is 0.862 bits per heavy atom. The molecule has 1 saturated heterocycles. The van der Waals surface area contributed by atoms with E-state index in [2.05, 4.69) is 4.90 Å². The fourth-order valence-corrected chi connectivity index (χ4v) is 4.63. The van der Waals surface area contributed by atoms with E-state index < -0.39 is 19.9 Å². The van der Waals surface area contributed by atoms with Crippen molar-refractivity contribution in [1.82, 2.24) is 9.21 Å². The molecule has 0 saturated carbocycles. The van der Waals surface area contributed by atoms with E-state index in [1.165, 1.54) is 34.6 Å². The summed E-state index contributed by atoms with van der Waals surface area (Å²) in [5.41, 5.74) is 0.767. The monoisotopic (exact) mass is 420 g/mol. The fourth-order valence-electron chi connectivity index (χ4n) is 3.17. The van der Waals surface area contributed by atoms with E-state index in [0.717, 1.165) is 11.6 Å². The number of non-ortho nitro benzene ring substituents is 2. The van der Waals surface area contributed by atoms with Gasteiger partial charge in [0.2, 0.25) is 10.0 Å². The number of nitro benzene ring substituents is 2. The molecular formula is C18H20N4O6S. The van der Waals surface area contributed by atoms with Crippen molar-refractivity contribution in [2.45, 2.75) is 11.3 Å². The average Bonchev–Trinajstić information content (AvgIpc) is 2.73. The Kier molecular flexibility index (Phi) is 6.20. The molecule has 1 fully saturated rings. The summed E-state index contributed by atoms with van der Waals surface area (Å²) in [6, 6.07) is 11.5. The van der Waals surface area contributed by atoms with Crippen molar-refractivity contribution in [2.75, 3.05) is 32.7 Å². The van der Waals surface area contributed by atoms with E-state index in [-0.39, 0.29) is 16.3 Å². The minimum absolute atomic E-state index is 0.0497. The first kappa shape index (κ1) is 20.8. The highest BCUT2D eigenvalue weighted by molar-refractivity contribution is 7.89. The number of piperazine rings is 1. The minimum Gasteiger partial charge on any atom is -0.300 e. The van der Waals surface area contributed by atoms with Gasteiger partial charge in [-0.1, -0.05) is 18.2 Å². The first-order valence-electron chi connectivity index (χ1n) is 8.97. The van der Waals surface area contributed by atoms with Crippen LogP contribution >= 0.6 is 0 Å². The summed E-state index contributed by atoms with van der Waals surface area (Å²) in [5, 5.41) is 21.6. The number of hydrogen-bond donors (Lipinski definition) is 0. The lowest BCUT2D eigenvalue weighted by molar-refractivity contribution is -0.385. The summed E-state index contributed by atoms with van der Waals surface area (Å²) < 4.78 is 26.9. The summed E-state index contributed by atoms with van der Waals surface area (Å²) in [6.07, 6.45) is 0.704. The van der Waals surface area contributed by atoms with Crippen molar-refractivity contribution >= 4 is 21.4 Å².